The topological polar surface area (TPSA) is 80.2 Å². The summed E-state index contributed by atoms with van der Waals surface area (Å²) >= 11 is 0. The van der Waals surface area contributed by atoms with Crippen molar-refractivity contribution in [3.05, 3.63) is 12.1 Å². The molecule has 100 valence electrons. The summed E-state index contributed by atoms with van der Waals surface area (Å²) in [5.41, 5.74) is 11.8. The lowest BCUT2D eigenvalue weighted by Gasteiger charge is -2.20. The van der Waals surface area contributed by atoms with Crippen LogP contribution < -0.4 is 16.8 Å². The van der Waals surface area contributed by atoms with Crippen molar-refractivity contribution in [2.45, 2.75) is 19.8 Å². The number of rotatable bonds is 5. The number of likely N-dealkylation sites (tertiary alicyclic amines) is 1. The summed E-state index contributed by atoms with van der Waals surface area (Å²) in [6.07, 6.45) is 2.69. The second-order valence-electron chi connectivity index (χ2n) is 5.16. The summed E-state index contributed by atoms with van der Waals surface area (Å²) in [5.74, 6) is 1.80. The maximum Gasteiger partial charge on any atom is 0.149 e. The normalized spacial score (nSPS) is 17.8. The lowest BCUT2D eigenvalue weighted by molar-refractivity contribution is 0.294. The molecule has 5 heteroatoms. The van der Waals surface area contributed by atoms with Crippen LogP contribution in [0.4, 0.5) is 17.3 Å². The zero-order valence-electron chi connectivity index (χ0n) is 11.0. The number of nitrogens with one attached hydrogen (secondary N) is 1. The average molecular weight is 249 g/mol. The second-order valence-corrected chi connectivity index (χ2v) is 5.16. The molecule has 18 heavy (non-hydrogen) atoms. The standard InChI is InChI=1S/C13H23N5/c1-10(9-18-6-2-3-7-18)8-16-12-5-4-11(14)13(15)17-12/h4-5,10H,2-3,6-9,14H2,1H3,(H3,15,16,17). The number of hydrogen-bond acceptors (Lipinski definition) is 5. The molecule has 0 radical (unpaired) electrons. The smallest absolute Gasteiger partial charge is 0.149 e. The Morgan fingerprint density at radius 1 is 1.33 bits per heavy atom. The van der Waals surface area contributed by atoms with Gasteiger partial charge in [-0.2, -0.15) is 0 Å². The molecular weight excluding hydrogens is 226 g/mol. The molecule has 2 heterocycles. The number of nitrogens with two attached hydrogens (primary N) is 2. The van der Waals surface area contributed by atoms with E-state index < -0.39 is 0 Å². The highest BCUT2D eigenvalue weighted by Crippen LogP contribution is 2.15. The van der Waals surface area contributed by atoms with Crippen molar-refractivity contribution >= 4 is 17.3 Å². The van der Waals surface area contributed by atoms with Gasteiger partial charge in [0.15, 0.2) is 0 Å². The van der Waals surface area contributed by atoms with E-state index in [4.69, 9.17) is 11.5 Å². The third kappa shape index (κ3) is 3.50. The molecule has 1 saturated heterocycles. The fourth-order valence-corrected chi connectivity index (χ4v) is 2.33. The molecule has 1 aliphatic heterocycles. The van der Waals surface area contributed by atoms with Crippen molar-refractivity contribution in [2.75, 3.05) is 43.0 Å². The van der Waals surface area contributed by atoms with Crippen molar-refractivity contribution in [1.29, 1.82) is 0 Å². The summed E-state index contributed by atoms with van der Waals surface area (Å²) in [7, 11) is 0. The monoisotopic (exact) mass is 249 g/mol. The molecule has 1 aliphatic rings. The molecule has 1 atom stereocenters. The van der Waals surface area contributed by atoms with Gasteiger partial charge in [0.05, 0.1) is 5.69 Å². The van der Waals surface area contributed by atoms with E-state index in [-0.39, 0.29) is 0 Å². The van der Waals surface area contributed by atoms with Gasteiger partial charge in [0, 0.05) is 13.1 Å². The summed E-state index contributed by atoms with van der Waals surface area (Å²) in [5, 5.41) is 3.31. The Labute approximate surface area is 109 Å². The maximum atomic E-state index is 5.67. The van der Waals surface area contributed by atoms with Crippen molar-refractivity contribution in [1.82, 2.24) is 9.88 Å². The van der Waals surface area contributed by atoms with Crippen LogP contribution in [0, 0.1) is 5.92 Å². The predicted molar refractivity (Wildman–Crippen MR) is 76.4 cm³/mol. The van der Waals surface area contributed by atoms with Crippen molar-refractivity contribution in [3.63, 3.8) is 0 Å². The highest BCUT2D eigenvalue weighted by Gasteiger charge is 2.14. The average Bonchev–Trinajstić information content (AvgIpc) is 2.83. The van der Waals surface area contributed by atoms with Crippen LogP contribution in [-0.4, -0.2) is 36.1 Å². The molecule has 1 aromatic heterocycles. The van der Waals surface area contributed by atoms with E-state index in [0.717, 1.165) is 18.9 Å². The maximum absolute atomic E-state index is 5.67. The Balaban J connectivity index is 1.77. The predicted octanol–water partition coefficient (Wildman–Crippen LogP) is 1.39. The largest absolute Gasteiger partial charge is 0.396 e. The number of aromatic nitrogens is 1. The molecule has 1 aromatic rings. The Hall–Kier alpha value is -1.49. The van der Waals surface area contributed by atoms with Crippen molar-refractivity contribution in [3.8, 4) is 0 Å². The van der Waals surface area contributed by atoms with Gasteiger partial charge in [-0.1, -0.05) is 6.92 Å². The van der Waals surface area contributed by atoms with Gasteiger partial charge in [0.25, 0.3) is 0 Å². The molecule has 0 aliphatic carbocycles. The van der Waals surface area contributed by atoms with E-state index >= 15 is 0 Å². The Morgan fingerprint density at radius 3 is 2.72 bits per heavy atom. The van der Waals surface area contributed by atoms with Gasteiger partial charge in [0.1, 0.15) is 11.6 Å². The minimum absolute atomic E-state index is 0.396. The molecule has 0 saturated carbocycles. The van der Waals surface area contributed by atoms with E-state index in [1.807, 2.05) is 6.07 Å². The van der Waals surface area contributed by atoms with Crippen LogP contribution in [0.25, 0.3) is 0 Å². The van der Waals surface area contributed by atoms with Gasteiger partial charge in [-0.05, 0) is 44.0 Å². The van der Waals surface area contributed by atoms with Gasteiger partial charge >= 0.3 is 0 Å². The van der Waals surface area contributed by atoms with Crippen LogP contribution in [-0.2, 0) is 0 Å². The molecule has 5 N–H and O–H groups in total. The van der Waals surface area contributed by atoms with Gasteiger partial charge in [-0.3, -0.25) is 0 Å². The summed E-state index contributed by atoms with van der Waals surface area (Å²) < 4.78 is 0. The highest BCUT2D eigenvalue weighted by atomic mass is 15.1. The summed E-state index contributed by atoms with van der Waals surface area (Å²) in [4.78, 5) is 6.73. The third-order valence-electron chi connectivity index (χ3n) is 3.36. The fourth-order valence-electron chi connectivity index (χ4n) is 2.33. The Morgan fingerprint density at radius 2 is 2.06 bits per heavy atom. The van der Waals surface area contributed by atoms with Gasteiger partial charge in [0.2, 0.25) is 0 Å². The Bertz CT molecular complexity index is 387. The van der Waals surface area contributed by atoms with Crippen LogP contribution in [0.2, 0.25) is 0 Å². The molecule has 0 bridgehead atoms. The number of hydrogen-bond donors (Lipinski definition) is 3. The van der Waals surface area contributed by atoms with Gasteiger partial charge in [-0.15, -0.1) is 0 Å². The first kappa shape index (κ1) is 13.0. The van der Waals surface area contributed by atoms with E-state index in [0.29, 0.717) is 17.4 Å². The molecule has 2 rings (SSSR count). The molecular formula is C13H23N5. The lowest BCUT2D eigenvalue weighted by atomic mass is 10.1. The quantitative estimate of drug-likeness (QED) is 0.735. The van der Waals surface area contributed by atoms with Crippen LogP contribution >= 0.6 is 0 Å². The number of pyridine rings is 1. The second kappa shape index (κ2) is 5.91. The van der Waals surface area contributed by atoms with Gasteiger partial charge < -0.3 is 21.7 Å². The molecule has 5 nitrogen and oxygen atoms in total. The number of anilines is 3. The molecule has 0 amide bonds. The highest BCUT2D eigenvalue weighted by molar-refractivity contribution is 5.61. The SMILES string of the molecule is CC(CNc1ccc(N)c(N)n1)CN1CCCC1. The van der Waals surface area contributed by atoms with Crippen LogP contribution in [0.15, 0.2) is 12.1 Å². The van der Waals surface area contributed by atoms with Gasteiger partial charge in [-0.25, -0.2) is 4.98 Å². The van der Waals surface area contributed by atoms with Crippen LogP contribution in [0.5, 0.6) is 0 Å². The first-order valence-corrected chi connectivity index (χ1v) is 6.63. The van der Waals surface area contributed by atoms with E-state index in [1.165, 1.54) is 25.9 Å². The summed E-state index contributed by atoms with van der Waals surface area (Å²) in [6.45, 7) is 6.81. The molecule has 1 fully saturated rings. The zero-order chi connectivity index (χ0) is 13.0. The minimum atomic E-state index is 0.396. The van der Waals surface area contributed by atoms with Crippen LogP contribution in [0.1, 0.15) is 19.8 Å². The lowest BCUT2D eigenvalue weighted by Crippen LogP contribution is -2.29. The summed E-state index contributed by atoms with van der Waals surface area (Å²) in [6, 6.07) is 3.66. The first-order chi connectivity index (χ1) is 8.65. The van der Waals surface area contributed by atoms with E-state index in [9.17, 15) is 0 Å². The number of nitrogens with zero attached hydrogens (tertiary/aromatic N) is 2. The molecule has 0 spiro atoms. The van der Waals surface area contributed by atoms with E-state index in [1.54, 1.807) is 6.07 Å². The molecule has 1 unspecified atom stereocenters. The molecule has 0 aromatic carbocycles. The number of nitrogen functional groups attached to an aromatic ring is 2. The first-order valence-electron chi connectivity index (χ1n) is 6.63. The van der Waals surface area contributed by atoms with Crippen molar-refractivity contribution < 1.29 is 0 Å². The van der Waals surface area contributed by atoms with E-state index in [2.05, 4.69) is 22.1 Å². The minimum Gasteiger partial charge on any atom is -0.396 e. The third-order valence-corrected chi connectivity index (χ3v) is 3.36. The van der Waals surface area contributed by atoms with Crippen LogP contribution in [0.3, 0.4) is 0 Å². The Kier molecular flexibility index (Phi) is 4.25. The van der Waals surface area contributed by atoms with Crippen molar-refractivity contribution in [2.24, 2.45) is 5.92 Å². The fraction of sp³-hybridized carbons (Fsp3) is 0.615. The zero-order valence-corrected chi connectivity index (χ0v) is 11.0.